The first kappa shape index (κ1) is 41.6. The highest BCUT2D eigenvalue weighted by Gasteiger charge is 2.51. The molecule has 0 radical (unpaired) electrons. The van der Waals surface area contributed by atoms with Gasteiger partial charge >= 0.3 is 0 Å². The molecule has 0 spiro atoms. The van der Waals surface area contributed by atoms with Gasteiger partial charge in [0.05, 0.1) is 33.1 Å². The maximum absolute atomic E-state index is 6.70. The molecule has 0 amide bonds. The molecule has 2 aliphatic rings. The molecule has 0 aliphatic heterocycles. The SMILES string of the molecule is CC12CC=CC=C1c1ccc(-c3nc(-c4ccccc4)nc(-c4ccc5oc6ccccc6c5c4-n4c5ccccc5c5cc(-c6ccc7c(c6)c6ccccc6n7-c6ccccc6)ccc54)n3)cc1C2(C)C. The van der Waals surface area contributed by atoms with E-state index in [2.05, 4.69) is 224 Å². The second-order valence-corrected chi connectivity index (χ2v) is 20.5. The van der Waals surface area contributed by atoms with Crippen LogP contribution in [0.2, 0.25) is 0 Å². The Morgan fingerprint density at radius 1 is 0.438 bits per heavy atom. The van der Waals surface area contributed by atoms with E-state index in [9.17, 15) is 0 Å². The minimum atomic E-state index is -0.112. The van der Waals surface area contributed by atoms with Gasteiger partial charge in [-0.1, -0.05) is 166 Å². The lowest BCUT2D eigenvalue weighted by molar-refractivity contribution is 0.271. The molecule has 1 atom stereocenters. The van der Waals surface area contributed by atoms with Gasteiger partial charge < -0.3 is 13.6 Å². The minimum absolute atomic E-state index is 0.0131. The Hall–Kier alpha value is -9.13. The van der Waals surface area contributed by atoms with Crippen molar-refractivity contribution in [1.29, 1.82) is 0 Å². The van der Waals surface area contributed by atoms with E-state index in [0.717, 1.165) is 89.4 Å². The average Bonchev–Trinajstić information content (AvgIpc) is 4.15. The van der Waals surface area contributed by atoms with Crippen LogP contribution < -0.4 is 0 Å². The molecule has 346 valence electrons. The molecule has 9 aromatic carbocycles. The monoisotopic (exact) mass is 937 g/mol. The number of para-hydroxylation sites is 4. The zero-order chi connectivity index (χ0) is 48.6. The van der Waals surface area contributed by atoms with Gasteiger partial charge in [-0.15, -0.1) is 0 Å². The normalized spacial score (nSPS) is 16.0. The molecule has 6 nitrogen and oxygen atoms in total. The van der Waals surface area contributed by atoms with Gasteiger partial charge in [-0.05, 0) is 107 Å². The molecular weight excluding hydrogens is 891 g/mol. The van der Waals surface area contributed by atoms with Gasteiger partial charge in [-0.3, -0.25) is 0 Å². The molecular formula is C67H47N5O. The third kappa shape index (κ3) is 6.01. The van der Waals surface area contributed by atoms with Gasteiger partial charge in [0.1, 0.15) is 11.2 Å². The van der Waals surface area contributed by atoms with E-state index in [1.54, 1.807) is 0 Å². The van der Waals surface area contributed by atoms with Crippen LogP contribution in [0.3, 0.4) is 0 Å². The molecule has 0 N–H and O–H groups in total. The lowest BCUT2D eigenvalue weighted by atomic mass is 9.63. The number of furan rings is 1. The summed E-state index contributed by atoms with van der Waals surface area (Å²) in [7, 11) is 0. The number of benzene rings is 9. The Morgan fingerprint density at radius 3 is 1.73 bits per heavy atom. The summed E-state index contributed by atoms with van der Waals surface area (Å²) in [6, 6.07) is 71.6. The summed E-state index contributed by atoms with van der Waals surface area (Å²) < 4.78 is 11.5. The number of allylic oxidation sites excluding steroid dienone is 4. The van der Waals surface area contributed by atoms with Crippen LogP contribution >= 0.6 is 0 Å². The zero-order valence-electron chi connectivity index (χ0n) is 40.6. The van der Waals surface area contributed by atoms with Crippen molar-refractivity contribution in [3.8, 4) is 56.7 Å². The van der Waals surface area contributed by atoms with Crippen molar-refractivity contribution in [3.63, 3.8) is 0 Å². The minimum Gasteiger partial charge on any atom is -0.456 e. The molecule has 0 fully saturated rings. The summed E-state index contributed by atoms with van der Waals surface area (Å²) in [5.74, 6) is 1.84. The Balaban J connectivity index is 0.962. The molecule has 4 aromatic heterocycles. The van der Waals surface area contributed by atoms with E-state index < -0.39 is 0 Å². The van der Waals surface area contributed by atoms with Crippen LogP contribution in [0.15, 0.2) is 223 Å². The first-order valence-electron chi connectivity index (χ1n) is 25.2. The smallest absolute Gasteiger partial charge is 0.166 e. The molecule has 0 saturated carbocycles. The zero-order valence-corrected chi connectivity index (χ0v) is 40.6. The number of hydrogen-bond acceptors (Lipinski definition) is 4. The fraction of sp³-hybridized carbons (Fsp3) is 0.0896. The van der Waals surface area contributed by atoms with Crippen molar-refractivity contribution in [2.24, 2.45) is 5.41 Å². The Labute approximate surface area is 421 Å². The topological polar surface area (TPSA) is 61.7 Å². The van der Waals surface area contributed by atoms with Gasteiger partial charge in [0.15, 0.2) is 17.5 Å². The molecule has 15 rings (SSSR count). The van der Waals surface area contributed by atoms with E-state index in [1.807, 2.05) is 24.3 Å². The van der Waals surface area contributed by atoms with Gasteiger partial charge in [-0.25, -0.2) is 15.0 Å². The molecule has 0 saturated heterocycles. The van der Waals surface area contributed by atoms with Crippen LogP contribution in [0.5, 0.6) is 0 Å². The highest BCUT2D eigenvalue weighted by atomic mass is 16.3. The summed E-state index contributed by atoms with van der Waals surface area (Å²) in [6.07, 6.45) is 7.83. The van der Waals surface area contributed by atoms with Gasteiger partial charge in [0.2, 0.25) is 0 Å². The van der Waals surface area contributed by atoms with Crippen molar-refractivity contribution in [3.05, 3.63) is 230 Å². The van der Waals surface area contributed by atoms with Crippen LogP contribution in [0.4, 0.5) is 0 Å². The fourth-order valence-corrected chi connectivity index (χ4v) is 12.4. The molecule has 2 aliphatic carbocycles. The van der Waals surface area contributed by atoms with Crippen molar-refractivity contribution >= 4 is 71.1 Å². The Morgan fingerprint density at radius 2 is 1.00 bits per heavy atom. The second-order valence-electron chi connectivity index (χ2n) is 20.5. The first-order valence-corrected chi connectivity index (χ1v) is 25.2. The predicted molar refractivity (Wildman–Crippen MR) is 300 cm³/mol. The lowest BCUT2D eigenvalue weighted by Crippen LogP contribution is -2.34. The summed E-state index contributed by atoms with van der Waals surface area (Å²) in [5.41, 5.74) is 17.2. The summed E-state index contributed by atoms with van der Waals surface area (Å²) in [4.78, 5) is 16.2. The number of hydrogen-bond donors (Lipinski definition) is 0. The summed E-state index contributed by atoms with van der Waals surface area (Å²) in [5, 5.41) is 6.78. The third-order valence-electron chi connectivity index (χ3n) is 16.5. The Kier molecular flexibility index (Phi) is 8.80. The Bertz CT molecular complexity index is 4510. The predicted octanol–water partition coefficient (Wildman–Crippen LogP) is 17.3. The van der Waals surface area contributed by atoms with E-state index in [4.69, 9.17) is 19.4 Å². The van der Waals surface area contributed by atoms with E-state index in [0.29, 0.717) is 17.5 Å². The second kappa shape index (κ2) is 15.4. The molecule has 4 heterocycles. The van der Waals surface area contributed by atoms with Crippen LogP contribution in [-0.2, 0) is 5.41 Å². The summed E-state index contributed by atoms with van der Waals surface area (Å²) in [6.45, 7) is 7.19. The van der Waals surface area contributed by atoms with Crippen molar-refractivity contribution < 1.29 is 4.42 Å². The van der Waals surface area contributed by atoms with Crippen molar-refractivity contribution in [2.75, 3.05) is 0 Å². The summed E-state index contributed by atoms with van der Waals surface area (Å²) >= 11 is 0. The van der Waals surface area contributed by atoms with Crippen molar-refractivity contribution in [2.45, 2.75) is 32.6 Å². The highest BCUT2D eigenvalue weighted by molar-refractivity contribution is 6.17. The fourth-order valence-electron chi connectivity index (χ4n) is 12.4. The average molecular weight is 938 g/mol. The third-order valence-corrected chi connectivity index (χ3v) is 16.5. The number of rotatable bonds is 6. The molecule has 6 heteroatoms. The van der Waals surface area contributed by atoms with Crippen LogP contribution in [-0.4, -0.2) is 24.1 Å². The number of fused-ring (bicyclic) bond motifs is 12. The van der Waals surface area contributed by atoms with Crippen LogP contribution in [0.25, 0.3) is 128 Å². The van der Waals surface area contributed by atoms with E-state index >= 15 is 0 Å². The maximum Gasteiger partial charge on any atom is 0.166 e. The molecule has 1 unspecified atom stereocenters. The van der Waals surface area contributed by atoms with Gasteiger partial charge in [0.25, 0.3) is 0 Å². The molecule has 13 aromatic rings. The quantitative estimate of drug-likeness (QED) is 0.167. The maximum atomic E-state index is 6.70. The van der Waals surface area contributed by atoms with Gasteiger partial charge in [-0.2, -0.15) is 0 Å². The first-order chi connectivity index (χ1) is 35.8. The molecule has 0 bridgehead atoms. The van der Waals surface area contributed by atoms with Crippen molar-refractivity contribution in [1.82, 2.24) is 24.1 Å². The standard InChI is InChI=1S/C67H47N5O/c1-66(2)54-40-44(29-32-48(54)53-25-16-17-37-67(53,66)3)64-68-63(41-18-6-4-7-19-41)69-65(70-64)50-33-36-60-61(49-24-12-15-28-59(49)73-60)62(50)72-56-27-14-11-23-47(56)52-39-43(31-35-58(52)72)42-30-34-57-51(38-42)46-22-10-13-26-55(46)71(57)45-20-8-5-9-21-45/h4-36,38-40H,37H2,1-3H3. The van der Waals surface area contributed by atoms with E-state index in [-0.39, 0.29) is 10.8 Å². The lowest BCUT2D eigenvalue weighted by Gasteiger charge is -2.40. The number of nitrogens with zero attached hydrogens (tertiary/aromatic N) is 5. The van der Waals surface area contributed by atoms with Crippen LogP contribution in [0, 0.1) is 5.41 Å². The highest BCUT2D eigenvalue weighted by Crippen LogP contribution is 2.61. The number of aromatic nitrogens is 5. The van der Waals surface area contributed by atoms with E-state index in [1.165, 1.54) is 38.5 Å². The largest absolute Gasteiger partial charge is 0.456 e. The molecule has 73 heavy (non-hydrogen) atoms. The van der Waals surface area contributed by atoms with Crippen LogP contribution in [0.1, 0.15) is 38.3 Å². The van der Waals surface area contributed by atoms with Gasteiger partial charge in [0, 0.05) is 60.1 Å².